The Morgan fingerprint density at radius 1 is 0.941 bits per heavy atom. The van der Waals surface area contributed by atoms with Crippen molar-refractivity contribution in [3.05, 3.63) is 52.5 Å². The molecule has 0 fully saturated rings. The second-order valence-corrected chi connectivity index (χ2v) is 3.99. The molecule has 17 heavy (non-hydrogen) atoms. The Morgan fingerprint density at radius 3 is 2.18 bits per heavy atom. The monoisotopic (exact) mass is 276 g/mol. The van der Waals surface area contributed by atoms with E-state index < -0.39 is 0 Å². The van der Waals surface area contributed by atoms with Gasteiger partial charge in [0, 0.05) is 34.6 Å². The topological polar surface area (TPSA) is 32.3 Å². The summed E-state index contributed by atoms with van der Waals surface area (Å²) in [4.78, 5) is 0. The summed E-state index contributed by atoms with van der Waals surface area (Å²) in [6.07, 6.45) is 0. The smallest absolute Gasteiger partial charge is 0.146 e. The van der Waals surface area contributed by atoms with Crippen LogP contribution in [-0.2, 0) is 0 Å². The first-order valence-corrected chi connectivity index (χ1v) is 5.31. The molecule has 83 valence electrons. The Balaban J connectivity index is 0.00000144. The average Bonchev–Trinajstić information content (AvgIpc) is 2.25. The van der Waals surface area contributed by atoms with Crippen LogP contribution in [0.15, 0.2) is 42.5 Å². The predicted octanol–water partition coefficient (Wildman–Crippen LogP) is 3.48. The minimum atomic E-state index is -0.0606. The van der Waals surface area contributed by atoms with Crippen molar-refractivity contribution < 1.29 is 9.84 Å². The maximum atomic E-state index is 10.9. The Bertz CT molecular complexity index is 500. The first-order chi connectivity index (χ1) is 7.65. The summed E-state index contributed by atoms with van der Waals surface area (Å²) in [6.45, 7) is 0. The molecule has 0 amide bonds. The van der Waals surface area contributed by atoms with Gasteiger partial charge in [-0.25, -0.2) is 0 Å². The van der Waals surface area contributed by atoms with Crippen LogP contribution in [0.2, 0.25) is 10.0 Å². The van der Waals surface area contributed by atoms with Gasteiger partial charge in [-0.15, -0.1) is 5.75 Å². The first-order valence-electron chi connectivity index (χ1n) is 4.55. The Hall–Kier alpha value is -0.380. The fourth-order valence-electron chi connectivity index (χ4n) is 1.19. The van der Waals surface area contributed by atoms with E-state index in [-0.39, 0.29) is 35.3 Å². The van der Waals surface area contributed by atoms with Crippen molar-refractivity contribution in [2.24, 2.45) is 0 Å². The average molecular weight is 277 g/mol. The van der Waals surface area contributed by atoms with Crippen LogP contribution in [0.5, 0.6) is 17.2 Å². The third kappa shape index (κ3) is 4.09. The maximum Gasteiger partial charge on any atom is 0.146 e. The van der Waals surface area contributed by atoms with Gasteiger partial charge in [-0.2, -0.15) is 0 Å². The second kappa shape index (κ2) is 6.53. The zero-order valence-electron chi connectivity index (χ0n) is 9.11. The predicted molar refractivity (Wildman–Crippen MR) is 68.2 cm³/mol. The van der Waals surface area contributed by atoms with Gasteiger partial charge in [-0.1, -0.05) is 35.3 Å². The van der Waals surface area contributed by atoms with Gasteiger partial charge >= 0.3 is 0 Å². The minimum Gasteiger partial charge on any atom is -0.872 e. The molecule has 0 bridgehead atoms. The first kappa shape index (κ1) is 14.7. The van der Waals surface area contributed by atoms with E-state index in [9.17, 15) is 5.11 Å². The van der Waals surface area contributed by atoms with E-state index in [1.165, 1.54) is 12.1 Å². The molecule has 0 aliphatic heterocycles. The molecule has 0 saturated carbocycles. The van der Waals surface area contributed by atoms with Crippen LogP contribution in [0.4, 0.5) is 0 Å². The van der Waals surface area contributed by atoms with Crippen molar-refractivity contribution in [3.63, 3.8) is 0 Å². The third-order valence-electron chi connectivity index (χ3n) is 1.95. The number of benzene rings is 2. The van der Waals surface area contributed by atoms with Gasteiger partial charge in [0.15, 0.2) is 0 Å². The van der Waals surface area contributed by atoms with Gasteiger partial charge in [-0.05, 0) is 30.3 Å². The zero-order valence-corrected chi connectivity index (χ0v) is 12.6. The summed E-state index contributed by atoms with van der Waals surface area (Å²) in [5, 5.41) is 11.9. The normalized spacial score (nSPS) is 9.53. The molecule has 5 heteroatoms. The Morgan fingerprint density at radius 2 is 1.59 bits per heavy atom. The number of halogens is 2. The van der Waals surface area contributed by atoms with E-state index in [2.05, 4.69) is 0 Å². The molecule has 0 aliphatic carbocycles. The molecular weight excluding hydrogens is 270 g/mol. The van der Waals surface area contributed by atoms with Gasteiger partial charge in [0.2, 0.25) is 0 Å². The van der Waals surface area contributed by atoms with Gasteiger partial charge in [0.25, 0.3) is 0 Å². The molecular formula is C12H7Cl2NaO2-. The van der Waals surface area contributed by atoms with Crippen LogP contribution in [0.25, 0.3) is 0 Å². The molecule has 0 heterocycles. The largest absolute Gasteiger partial charge is 0.872 e. The SMILES string of the molecule is [Na].[O-]c1ccc(Oc2ccc(Cl)cc2Cl)cc1. The van der Waals surface area contributed by atoms with Gasteiger partial charge in [0.1, 0.15) is 11.5 Å². The van der Waals surface area contributed by atoms with E-state index in [1.807, 2.05) is 0 Å². The van der Waals surface area contributed by atoms with Crippen molar-refractivity contribution >= 4 is 52.8 Å². The Kier molecular flexibility index (Phi) is 5.63. The Labute approximate surface area is 131 Å². The zero-order chi connectivity index (χ0) is 11.5. The summed E-state index contributed by atoms with van der Waals surface area (Å²) in [5.74, 6) is 1.00. The molecule has 0 saturated heterocycles. The molecule has 1 radical (unpaired) electrons. The number of rotatable bonds is 2. The van der Waals surface area contributed by atoms with Crippen LogP contribution in [-0.4, -0.2) is 29.6 Å². The summed E-state index contributed by atoms with van der Waals surface area (Å²) >= 11 is 11.7. The van der Waals surface area contributed by atoms with Crippen molar-refractivity contribution in [2.75, 3.05) is 0 Å². The van der Waals surface area contributed by atoms with Gasteiger partial charge < -0.3 is 9.84 Å². The summed E-state index contributed by atoms with van der Waals surface area (Å²) in [5.41, 5.74) is 0. The van der Waals surface area contributed by atoms with Crippen molar-refractivity contribution in [2.45, 2.75) is 0 Å². The van der Waals surface area contributed by atoms with Gasteiger partial charge in [-0.3, -0.25) is 0 Å². The quantitative estimate of drug-likeness (QED) is 0.787. The molecule has 0 aromatic heterocycles. The van der Waals surface area contributed by atoms with Crippen LogP contribution < -0.4 is 9.84 Å². The molecule has 2 rings (SSSR count). The summed E-state index contributed by atoms with van der Waals surface area (Å²) in [6, 6.07) is 11.0. The van der Waals surface area contributed by atoms with E-state index in [0.717, 1.165) is 0 Å². The van der Waals surface area contributed by atoms with E-state index >= 15 is 0 Å². The number of ether oxygens (including phenoxy) is 1. The summed E-state index contributed by atoms with van der Waals surface area (Å²) in [7, 11) is 0. The standard InChI is InChI=1S/C12H8Cl2O2.Na/c13-8-1-6-12(11(14)7-8)16-10-4-2-9(15)3-5-10;/h1-7,15H;/p-1. The second-order valence-electron chi connectivity index (χ2n) is 3.15. The third-order valence-corrected chi connectivity index (χ3v) is 2.48. The van der Waals surface area contributed by atoms with Crippen LogP contribution in [0.1, 0.15) is 0 Å². The molecule has 2 aromatic rings. The summed E-state index contributed by atoms with van der Waals surface area (Å²) < 4.78 is 5.49. The number of hydrogen-bond acceptors (Lipinski definition) is 2. The fraction of sp³-hybridized carbons (Fsp3) is 0. The van der Waals surface area contributed by atoms with E-state index in [1.54, 1.807) is 30.3 Å². The molecule has 2 aromatic carbocycles. The molecule has 2 nitrogen and oxygen atoms in total. The molecule has 0 N–H and O–H groups in total. The van der Waals surface area contributed by atoms with Gasteiger partial charge in [0.05, 0.1) is 5.02 Å². The van der Waals surface area contributed by atoms with Crippen LogP contribution >= 0.6 is 23.2 Å². The van der Waals surface area contributed by atoms with Crippen molar-refractivity contribution in [1.29, 1.82) is 0 Å². The number of hydrogen-bond donors (Lipinski definition) is 0. The molecule has 0 aliphatic rings. The molecule has 0 spiro atoms. The van der Waals surface area contributed by atoms with Crippen molar-refractivity contribution in [1.82, 2.24) is 0 Å². The fourth-order valence-corrected chi connectivity index (χ4v) is 1.64. The maximum absolute atomic E-state index is 10.9. The minimum absolute atomic E-state index is 0. The van der Waals surface area contributed by atoms with E-state index in [4.69, 9.17) is 27.9 Å². The van der Waals surface area contributed by atoms with Crippen molar-refractivity contribution in [3.8, 4) is 17.2 Å². The molecule has 0 atom stereocenters. The van der Waals surface area contributed by atoms with Crippen LogP contribution in [0, 0.1) is 0 Å². The van der Waals surface area contributed by atoms with Crippen LogP contribution in [0.3, 0.4) is 0 Å². The van der Waals surface area contributed by atoms with E-state index in [0.29, 0.717) is 21.5 Å². The molecule has 0 unspecified atom stereocenters.